The monoisotopic (exact) mass is 278 g/mol. The number of rotatable bonds is 5. The molecule has 1 aromatic heterocycles. The van der Waals surface area contributed by atoms with E-state index in [1.54, 1.807) is 0 Å². The van der Waals surface area contributed by atoms with Crippen molar-refractivity contribution in [3.8, 4) is 11.5 Å². The highest BCUT2D eigenvalue weighted by Gasteiger charge is 2.09. The van der Waals surface area contributed by atoms with Crippen LogP contribution < -0.4 is 0 Å². The van der Waals surface area contributed by atoms with Crippen molar-refractivity contribution in [2.75, 3.05) is 0 Å². The maximum Gasteiger partial charge on any atom is 0.257 e. The first-order valence-electron chi connectivity index (χ1n) is 7.31. The fourth-order valence-electron chi connectivity index (χ4n) is 2.32. The van der Waals surface area contributed by atoms with Crippen LogP contribution in [-0.2, 0) is 12.8 Å². The lowest BCUT2D eigenvalue weighted by atomic mass is 10.1. The zero-order valence-corrected chi connectivity index (χ0v) is 12.1. The van der Waals surface area contributed by atoms with Crippen LogP contribution in [0.3, 0.4) is 0 Å². The molecule has 0 aliphatic rings. The Morgan fingerprint density at radius 1 is 0.905 bits per heavy atom. The van der Waals surface area contributed by atoms with Crippen LogP contribution >= 0.6 is 0 Å². The molecule has 0 atom stereocenters. The molecule has 2 aromatic carbocycles. The van der Waals surface area contributed by atoms with Gasteiger partial charge in [0.15, 0.2) is 5.82 Å². The Morgan fingerprint density at radius 2 is 1.67 bits per heavy atom. The Hall–Kier alpha value is -2.42. The minimum Gasteiger partial charge on any atom is -0.334 e. The maximum atomic E-state index is 5.36. The lowest BCUT2D eigenvalue weighted by Gasteiger charge is -1.99. The smallest absolute Gasteiger partial charge is 0.257 e. The molecule has 0 amide bonds. The van der Waals surface area contributed by atoms with Crippen LogP contribution in [0.15, 0.2) is 59.1 Å². The molecule has 0 fully saturated rings. The summed E-state index contributed by atoms with van der Waals surface area (Å²) in [4.78, 5) is 4.47. The highest BCUT2D eigenvalue weighted by Crippen LogP contribution is 2.19. The van der Waals surface area contributed by atoms with Crippen molar-refractivity contribution in [2.24, 2.45) is 0 Å². The summed E-state index contributed by atoms with van der Waals surface area (Å²) in [7, 11) is 0. The van der Waals surface area contributed by atoms with Crippen LogP contribution in [0.1, 0.15) is 30.3 Å². The predicted octanol–water partition coefficient (Wildman–Crippen LogP) is 4.28. The molecular weight excluding hydrogens is 260 g/mol. The van der Waals surface area contributed by atoms with Crippen LogP contribution in [0.25, 0.3) is 11.5 Å². The minimum atomic E-state index is 0.587. The molecule has 3 aromatic rings. The van der Waals surface area contributed by atoms with Crippen molar-refractivity contribution >= 4 is 0 Å². The molecule has 0 spiro atoms. The fraction of sp³-hybridized carbons (Fsp3) is 0.222. The summed E-state index contributed by atoms with van der Waals surface area (Å²) in [6.45, 7) is 2.18. The fourth-order valence-corrected chi connectivity index (χ4v) is 2.32. The normalized spacial score (nSPS) is 10.7. The van der Waals surface area contributed by atoms with E-state index >= 15 is 0 Å². The first-order valence-corrected chi connectivity index (χ1v) is 7.31. The lowest BCUT2D eigenvalue weighted by molar-refractivity contribution is 0.424. The molecule has 3 nitrogen and oxygen atoms in total. The van der Waals surface area contributed by atoms with E-state index in [4.69, 9.17) is 4.52 Å². The van der Waals surface area contributed by atoms with Crippen molar-refractivity contribution in [1.82, 2.24) is 10.1 Å². The number of aromatic nitrogens is 2. The largest absolute Gasteiger partial charge is 0.334 e. The summed E-state index contributed by atoms with van der Waals surface area (Å²) in [6, 6.07) is 18.5. The Bertz CT molecular complexity index is 687. The topological polar surface area (TPSA) is 38.9 Å². The highest BCUT2D eigenvalue weighted by atomic mass is 16.5. The molecule has 0 unspecified atom stereocenters. The number of nitrogens with zero attached hydrogens (tertiary/aromatic N) is 2. The van der Waals surface area contributed by atoms with Crippen LogP contribution in [0.4, 0.5) is 0 Å². The Balaban J connectivity index is 1.75. The first kappa shape index (κ1) is 13.6. The second-order valence-electron chi connectivity index (χ2n) is 5.13. The van der Waals surface area contributed by atoms with Gasteiger partial charge in [-0.25, -0.2) is 0 Å². The molecule has 0 aliphatic carbocycles. The van der Waals surface area contributed by atoms with Gasteiger partial charge in [0.1, 0.15) is 0 Å². The minimum absolute atomic E-state index is 0.587. The van der Waals surface area contributed by atoms with E-state index in [1.807, 2.05) is 30.3 Å². The van der Waals surface area contributed by atoms with Gasteiger partial charge >= 0.3 is 0 Å². The molecule has 0 saturated heterocycles. The molecule has 21 heavy (non-hydrogen) atoms. The van der Waals surface area contributed by atoms with E-state index in [2.05, 4.69) is 41.3 Å². The molecule has 0 saturated carbocycles. The van der Waals surface area contributed by atoms with Crippen LogP contribution in [-0.4, -0.2) is 10.1 Å². The first-order chi connectivity index (χ1) is 10.3. The standard InChI is InChI=1S/C18H18N2O/c1-2-6-14-9-11-16(12-10-14)18-19-17(20-21-18)13-15-7-4-3-5-8-15/h3-5,7-12H,2,6,13H2,1H3. The summed E-state index contributed by atoms with van der Waals surface area (Å²) >= 11 is 0. The summed E-state index contributed by atoms with van der Waals surface area (Å²) in [5.74, 6) is 1.30. The molecular formula is C18H18N2O. The van der Waals surface area contributed by atoms with Gasteiger partial charge in [0.2, 0.25) is 0 Å². The van der Waals surface area contributed by atoms with Gasteiger partial charge < -0.3 is 4.52 Å². The quantitative estimate of drug-likeness (QED) is 0.699. The van der Waals surface area contributed by atoms with Crippen molar-refractivity contribution < 1.29 is 4.52 Å². The zero-order valence-electron chi connectivity index (χ0n) is 12.1. The molecule has 106 valence electrons. The number of aryl methyl sites for hydroxylation is 1. The third-order valence-corrected chi connectivity index (χ3v) is 3.41. The van der Waals surface area contributed by atoms with E-state index in [0.29, 0.717) is 18.1 Å². The van der Waals surface area contributed by atoms with Gasteiger partial charge in [0, 0.05) is 12.0 Å². The third-order valence-electron chi connectivity index (χ3n) is 3.41. The zero-order chi connectivity index (χ0) is 14.5. The summed E-state index contributed by atoms with van der Waals surface area (Å²) < 4.78 is 5.36. The molecule has 0 radical (unpaired) electrons. The number of hydrogen-bond acceptors (Lipinski definition) is 3. The molecule has 0 N–H and O–H groups in total. The number of benzene rings is 2. The molecule has 3 heteroatoms. The van der Waals surface area contributed by atoms with Crippen LogP contribution in [0.2, 0.25) is 0 Å². The van der Waals surface area contributed by atoms with Crippen molar-refractivity contribution in [3.63, 3.8) is 0 Å². The Kier molecular flexibility index (Phi) is 4.10. The van der Waals surface area contributed by atoms with E-state index in [1.165, 1.54) is 11.1 Å². The number of hydrogen-bond donors (Lipinski definition) is 0. The predicted molar refractivity (Wildman–Crippen MR) is 83.0 cm³/mol. The van der Waals surface area contributed by atoms with Gasteiger partial charge in [-0.3, -0.25) is 0 Å². The van der Waals surface area contributed by atoms with Crippen molar-refractivity contribution in [3.05, 3.63) is 71.5 Å². The Labute approximate surface area is 124 Å². The van der Waals surface area contributed by atoms with Gasteiger partial charge in [0.25, 0.3) is 5.89 Å². The molecule has 3 rings (SSSR count). The summed E-state index contributed by atoms with van der Waals surface area (Å²) in [5.41, 5.74) is 3.50. The second-order valence-corrected chi connectivity index (χ2v) is 5.13. The van der Waals surface area contributed by atoms with Crippen LogP contribution in [0.5, 0.6) is 0 Å². The SMILES string of the molecule is CCCc1ccc(-c2nc(Cc3ccccc3)no2)cc1. The Morgan fingerprint density at radius 3 is 2.38 bits per heavy atom. The molecule has 0 aliphatic heterocycles. The maximum absolute atomic E-state index is 5.36. The van der Waals surface area contributed by atoms with Crippen LogP contribution in [0, 0.1) is 0 Å². The van der Waals surface area contributed by atoms with E-state index in [-0.39, 0.29) is 0 Å². The highest BCUT2D eigenvalue weighted by molar-refractivity contribution is 5.53. The summed E-state index contributed by atoms with van der Waals surface area (Å²) in [5, 5.41) is 4.06. The van der Waals surface area contributed by atoms with Crippen molar-refractivity contribution in [1.29, 1.82) is 0 Å². The van der Waals surface area contributed by atoms with Crippen molar-refractivity contribution in [2.45, 2.75) is 26.2 Å². The lowest BCUT2D eigenvalue weighted by Crippen LogP contribution is -1.90. The van der Waals surface area contributed by atoms with Gasteiger partial charge in [0.05, 0.1) is 0 Å². The van der Waals surface area contributed by atoms with Gasteiger partial charge in [-0.05, 0) is 29.7 Å². The van der Waals surface area contributed by atoms with Gasteiger partial charge in [-0.15, -0.1) is 0 Å². The average molecular weight is 278 g/mol. The molecule has 0 bridgehead atoms. The van der Waals surface area contributed by atoms with E-state index < -0.39 is 0 Å². The third kappa shape index (κ3) is 3.37. The van der Waals surface area contributed by atoms with E-state index in [9.17, 15) is 0 Å². The van der Waals surface area contributed by atoms with Gasteiger partial charge in [-0.1, -0.05) is 61.0 Å². The van der Waals surface area contributed by atoms with E-state index in [0.717, 1.165) is 18.4 Å². The van der Waals surface area contributed by atoms with Gasteiger partial charge in [-0.2, -0.15) is 4.98 Å². The average Bonchev–Trinajstić information content (AvgIpc) is 2.98. The summed E-state index contributed by atoms with van der Waals surface area (Å²) in [6.07, 6.45) is 2.95. The molecule has 1 heterocycles. The second kappa shape index (κ2) is 6.35.